The van der Waals surface area contributed by atoms with Crippen LogP contribution < -0.4 is 4.74 Å². The molecule has 0 aliphatic carbocycles. The van der Waals surface area contributed by atoms with Gasteiger partial charge in [-0.15, -0.1) is 22.0 Å². The van der Waals surface area contributed by atoms with Crippen molar-refractivity contribution in [1.29, 1.82) is 0 Å². The van der Waals surface area contributed by atoms with Crippen molar-refractivity contribution in [3.05, 3.63) is 42.5 Å². The van der Waals surface area contributed by atoms with Crippen LogP contribution in [0.3, 0.4) is 0 Å². The molecule has 0 saturated heterocycles. The molecule has 0 fully saturated rings. The standard InChI is InChI=1S/C11H10N2OS/c1-15-11-8-7-10(12-13-11)14-9-5-3-2-4-6-9/h2-8H,1H3. The van der Waals surface area contributed by atoms with Crippen LogP contribution in [-0.4, -0.2) is 16.5 Å². The van der Waals surface area contributed by atoms with Gasteiger partial charge in [0.1, 0.15) is 10.8 Å². The normalized spacial score (nSPS) is 9.93. The first-order valence-corrected chi connectivity index (χ1v) is 5.71. The zero-order valence-electron chi connectivity index (χ0n) is 8.25. The summed E-state index contributed by atoms with van der Waals surface area (Å²) in [5.74, 6) is 1.28. The van der Waals surface area contributed by atoms with E-state index in [1.54, 1.807) is 11.8 Å². The number of ether oxygens (including phenoxy) is 1. The largest absolute Gasteiger partial charge is 0.438 e. The van der Waals surface area contributed by atoms with E-state index in [4.69, 9.17) is 4.74 Å². The summed E-state index contributed by atoms with van der Waals surface area (Å²) >= 11 is 1.55. The van der Waals surface area contributed by atoms with Crippen LogP contribution in [0, 0.1) is 0 Å². The maximum Gasteiger partial charge on any atom is 0.238 e. The van der Waals surface area contributed by atoms with E-state index in [9.17, 15) is 0 Å². The molecule has 0 saturated carbocycles. The lowest BCUT2D eigenvalue weighted by Crippen LogP contribution is -1.90. The number of nitrogens with zero attached hydrogens (tertiary/aromatic N) is 2. The first kappa shape index (κ1) is 9.98. The Hall–Kier alpha value is -1.55. The molecule has 1 aromatic carbocycles. The second kappa shape index (κ2) is 4.79. The molecule has 0 atom stereocenters. The Labute approximate surface area is 92.5 Å². The van der Waals surface area contributed by atoms with E-state index in [2.05, 4.69) is 10.2 Å². The van der Waals surface area contributed by atoms with Gasteiger partial charge in [0.2, 0.25) is 5.88 Å². The SMILES string of the molecule is CSc1ccc(Oc2ccccc2)nn1. The third-order valence-corrected chi connectivity index (χ3v) is 2.43. The molecule has 0 amide bonds. The highest BCUT2D eigenvalue weighted by Gasteiger charge is 1.98. The highest BCUT2D eigenvalue weighted by atomic mass is 32.2. The Morgan fingerprint density at radius 1 is 1.00 bits per heavy atom. The van der Waals surface area contributed by atoms with Crippen molar-refractivity contribution in [2.75, 3.05) is 6.26 Å². The quantitative estimate of drug-likeness (QED) is 0.742. The van der Waals surface area contributed by atoms with Gasteiger partial charge in [-0.3, -0.25) is 0 Å². The lowest BCUT2D eigenvalue weighted by atomic mass is 10.3. The number of rotatable bonds is 3. The Kier molecular flexibility index (Phi) is 3.19. The van der Waals surface area contributed by atoms with Crippen LogP contribution in [0.5, 0.6) is 11.6 Å². The van der Waals surface area contributed by atoms with E-state index < -0.39 is 0 Å². The lowest BCUT2D eigenvalue weighted by molar-refractivity contribution is 0.452. The maximum atomic E-state index is 5.49. The van der Waals surface area contributed by atoms with Crippen molar-refractivity contribution in [3.8, 4) is 11.6 Å². The van der Waals surface area contributed by atoms with Crippen LogP contribution in [-0.2, 0) is 0 Å². The molecule has 3 nitrogen and oxygen atoms in total. The summed E-state index contributed by atoms with van der Waals surface area (Å²) < 4.78 is 5.49. The smallest absolute Gasteiger partial charge is 0.238 e. The summed E-state index contributed by atoms with van der Waals surface area (Å²) in [6, 6.07) is 13.2. The molecule has 1 aromatic heterocycles. The Bertz CT molecular complexity index is 416. The van der Waals surface area contributed by atoms with Crippen molar-refractivity contribution in [2.24, 2.45) is 0 Å². The molecule has 15 heavy (non-hydrogen) atoms. The zero-order chi connectivity index (χ0) is 10.5. The predicted octanol–water partition coefficient (Wildman–Crippen LogP) is 2.99. The monoisotopic (exact) mass is 218 g/mol. The van der Waals surface area contributed by atoms with E-state index >= 15 is 0 Å². The summed E-state index contributed by atoms with van der Waals surface area (Å²) in [5, 5.41) is 8.82. The summed E-state index contributed by atoms with van der Waals surface area (Å²) in [7, 11) is 0. The van der Waals surface area contributed by atoms with Gasteiger partial charge in [0.15, 0.2) is 0 Å². The minimum absolute atomic E-state index is 0.513. The van der Waals surface area contributed by atoms with Crippen molar-refractivity contribution < 1.29 is 4.74 Å². The fourth-order valence-electron chi connectivity index (χ4n) is 1.08. The van der Waals surface area contributed by atoms with Gasteiger partial charge in [-0.25, -0.2) is 0 Å². The van der Waals surface area contributed by atoms with Gasteiger partial charge < -0.3 is 4.74 Å². The highest BCUT2D eigenvalue weighted by Crippen LogP contribution is 2.19. The molecular weight excluding hydrogens is 208 g/mol. The second-order valence-electron chi connectivity index (χ2n) is 2.83. The minimum atomic E-state index is 0.513. The van der Waals surface area contributed by atoms with Crippen LogP contribution >= 0.6 is 11.8 Å². The Morgan fingerprint density at radius 3 is 2.40 bits per heavy atom. The molecule has 2 aromatic rings. The molecule has 0 bridgehead atoms. The van der Waals surface area contributed by atoms with Crippen LogP contribution in [0.15, 0.2) is 47.5 Å². The van der Waals surface area contributed by atoms with Crippen LogP contribution in [0.4, 0.5) is 0 Å². The van der Waals surface area contributed by atoms with Crippen LogP contribution in [0.25, 0.3) is 0 Å². The van der Waals surface area contributed by atoms with Crippen molar-refractivity contribution in [2.45, 2.75) is 5.03 Å². The first-order chi connectivity index (χ1) is 7.38. The molecule has 0 aliphatic rings. The predicted molar refractivity (Wildman–Crippen MR) is 60.3 cm³/mol. The molecule has 0 radical (unpaired) electrons. The second-order valence-corrected chi connectivity index (χ2v) is 3.66. The fourth-order valence-corrected chi connectivity index (χ4v) is 1.41. The maximum absolute atomic E-state index is 5.49. The highest BCUT2D eigenvalue weighted by molar-refractivity contribution is 7.98. The van der Waals surface area contributed by atoms with E-state index in [1.807, 2.05) is 48.7 Å². The molecule has 76 valence electrons. The topological polar surface area (TPSA) is 35.0 Å². The molecule has 0 unspecified atom stereocenters. The third kappa shape index (κ3) is 2.70. The number of hydrogen-bond acceptors (Lipinski definition) is 4. The first-order valence-electron chi connectivity index (χ1n) is 4.49. The summed E-state index contributed by atoms with van der Waals surface area (Å²) in [6.07, 6.45) is 1.96. The number of aromatic nitrogens is 2. The Morgan fingerprint density at radius 2 is 1.80 bits per heavy atom. The van der Waals surface area contributed by atoms with Gasteiger partial charge in [0.25, 0.3) is 0 Å². The van der Waals surface area contributed by atoms with Gasteiger partial charge in [-0.1, -0.05) is 18.2 Å². The molecule has 4 heteroatoms. The van der Waals surface area contributed by atoms with E-state index in [0.717, 1.165) is 10.8 Å². The zero-order valence-corrected chi connectivity index (χ0v) is 9.07. The summed E-state index contributed by atoms with van der Waals surface area (Å²) in [4.78, 5) is 0. The van der Waals surface area contributed by atoms with Crippen molar-refractivity contribution in [3.63, 3.8) is 0 Å². The summed E-state index contributed by atoms with van der Waals surface area (Å²) in [6.45, 7) is 0. The summed E-state index contributed by atoms with van der Waals surface area (Å²) in [5.41, 5.74) is 0. The van der Waals surface area contributed by atoms with Crippen molar-refractivity contribution in [1.82, 2.24) is 10.2 Å². The molecule has 0 N–H and O–H groups in total. The number of hydrogen-bond donors (Lipinski definition) is 0. The van der Waals surface area contributed by atoms with Gasteiger partial charge in [0, 0.05) is 6.07 Å². The average Bonchev–Trinajstić information content (AvgIpc) is 2.31. The number of para-hydroxylation sites is 1. The van der Waals surface area contributed by atoms with E-state index in [0.29, 0.717) is 5.88 Å². The van der Waals surface area contributed by atoms with E-state index in [-0.39, 0.29) is 0 Å². The van der Waals surface area contributed by atoms with Crippen molar-refractivity contribution >= 4 is 11.8 Å². The Balaban J connectivity index is 2.11. The molecule has 1 heterocycles. The third-order valence-electron chi connectivity index (χ3n) is 1.79. The average molecular weight is 218 g/mol. The number of benzene rings is 1. The molecule has 2 rings (SSSR count). The van der Waals surface area contributed by atoms with Gasteiger partial charge in [0.05, 0.1) is 0 Å². The molecular formula is C11H10N2OS. The molecule has 0 aliphatic heterocycles. The van der Waals surface area contributed by atoms with E-state index in [1.165, 1.54) is 0 Å². The molecule has 0 spiro atoms. The van der Waals surface area contributed by atoms with Gasteiger partial charge >= 0.3 is 0 Å². The van der Waals surface area contributed by atoms with Gasteiger partial charge in [-0.05, 0) is 24.5 Å². The van der Waals surface area contributed by atoms with Crippen LogP contribution in [0.1, 0.15) is 0 Å². The van der Waals surface area contributed by atoms with Crippen LogP contribution in [0.2, 0.25) is 0 Å². The minimum Gasteiger partial charge on any atom is -0.438 e. The number of thioether (sulfide) groups is 1. The fraction of sp³-hybridized carbons (Fsp3) is 0.0909. The van der Waals surface area contributed by atoms with Gasteiger partial charge in [-0.2, -0.15) is 0 Å². The lowest BCUT2D eigenvalue weighted by Gasteiger charge is -2.03.